The number of hydrogen-bond acceptors (Lipinski definition) is 5. The number of benzene rings is 1. The van der Waals surface area contributed by atoms with Crippen LogP contribution in [0.3, 0.4) is 0 Å². The molecule has 2 amide bonds. The van der Waals surface area contributed by atoms with Crippen LogP contribution >= 0.6 is 0 Å². The van der Waals surface area contributed by atoms with Gasteiger partial charge in [-0.1, -0.05) is 90.5 Å². The van der Waals surface area contributed by atoms with Gasteiger partial charge in [0.1, 0.15) is 6.10 Å². The van der Waals surface area contributed by atoms with Crippen LogP contribution in [-0.4, -0.2) is 47.1 Å². The summed E-state index contributed by atoms with van der Waals surface area (Å²) in [5, 5.41) is 2.38. The van der Waals surface area contributed by atoms with Crippen molar-refractivity contribution in [3.8, 4) is 5.75 Å². The van der Waals surface area contributed by atoms with Gasteiger partial charge in [-0.25, -0.2) is 4.39 Å². The Kier molecular flexibility index (Phi) is 13.9. The topological polar surface area (TPSA) is 111 Å². The quantitative estimate of drug-likeness (QED) is 0.0946. The lowest BCUT2D eigenvalue weighted by atomic mass is 9.77. The van der Waals surface area contributed by atoms with Gasteiger partial charge in [-0.2, -0.15) is 17.6 Å². The van der Waals surface area contributed by atoms with Crippen LogP contribution in [0.2, 0.25) is 0 Å². The Morgan fingerprint density at radius 3 is 2.13 bits per heavy atom. The molecule has 8 nitrogen and oxygen atoms in total. The lowest BCUT2D eigenvalue weighted by molar-refractivity contribution is -0.495. The number of hydrogen-bond donors (Lipinski definition) is 2. The van der Waals surface area contributed by atoms with E-state index in [1.165, 1.54) is 51.9 Å². The fourth-order valence-electron chi connectivity index (χ4n) is 6.15. The Hall–Kier alpha value is -3.35. The number of primary amides is 1. The van der Waals surface area contributed by atoms with Crippen molar-refractivity contribution in [2.45, 2.75) is 128 Å². The summed E-state index contributed by atoms with van der Waals surface area (Å²) in [6.45, 7) is 4.21. The number of allylic oxidation sites excluding steroid dienone is 1. The van der Waals surface area contributed by atoms with Gasteiger partial charge in [0.15, 0.2) is 17.2 Å². The number of rotatable bonds is 18. The molecule has 0 aromatic heterocycles. The highest BCUT2D eigenvalue weighted by atomic mass is 19.4. The van der Waals surface area contributed by atoms with Crippen LogP contribution in [-0.2, 0) is 14.3 Å². The second-order valence-electron chi connectivity index (χ2n) is 12.6. The van der Waals surface area contributed by atoms with Crippen molar-refractivity contribution in [1.29, 1.82) is 0 Å². The summed E-state index contributed by atoms with van der Waals surface area (Å²) in [6, 6.07) is 0.432. The van der Waals surface area contributed by atoms with Crippen LogP contribution in [0.15, 0.2) is 36.2 Å². The average Bonchev–Trinajstić information content (AvgIpc) is 3.29. The van der Waals surface area contributed by atoms with Gasteiger partial charge >= 0.3 is 12.2 Å². The van der Waals surface area contributed by atoms with Crippen LogP contribution in [0.5, 0.6) is 5.75 Å². The number of alkyl halides is 3. The lowest BCUT2D eigenvalue weighted by Gasteiger charge is -2.32. The first-order valence-corrected chi connectivity index (χ1v) is 16.5. The van der Waals surface area contributed by atoms with E-state index >= 15 is 4.39 Å². The van der Waals surface area contributed by atoms with E-state index < -0.39 is 65.0 Å². The zero-order valence-electron chi connectivity index (χ0n) is 27.3. The van der Waals surface area contributed by atoms with Crippen molar-refractivity contribution in [3.05, 3.63) is 58.3 Å². The molecule has 2 aliphatic heterocycles. The zero-order valence-corrected chi connectivity index (χ0v) is 27.3. The maximum Gasteiger partial charge on any atom is 0.417 e. The molecule has 3 rings (SSSR count). The summed E-state index contributed by atoms with van der Waals surface area (Å²) >= 11 is 0. The minimum atomic E-state index is -4.93. The molecular weight excluding hydrogens is 625 g/mol. The van der Waals surface area contributed by atoms with Gasteiger partial charge in [-0.05, 0) is 19.4 Å². The SMILES string of the molecule is CCCCCCCCCCCCCCOc1c([C@H]2[C@@H](C)[C@@](C)(C(F)(F)F)O[C@H]2C(=O)NC2=CC(C(N)=O)[N+](=O)C=C2)ccc(F)c1F. The summed E-state index contributed by atoms with van der Waals surface area (Å²) in [4.78, 5) is 37.0. The van der Waals surface area contributed by atoms with E-state index in [-0.39, 0.29) is 22.6 Å². The molecule has 1 fully saturated rings. The standard InChI is InChI=1S/C34H46F5N3O5/c1-4-5-6-7-8-9-10-11-12-13-14-15-20-46-29-24(16-17-25(35)28(29)36)27-22(2)33(3,34(37,38)39)47-30(27)32(44)41-23-18-19-42(45)26(21-23)31(40)43/h16-19,21-22,26-27,30H,4-15,20H2,1-3H3,(H2-,40,41,43,44)/p+1/t22-,26?,27-,30-,33+/m1/s1. The molecule has 0 bridgehead atoms. The summed E-state index contributed by atoms with van der Waals surface area (Å²) in [6.07, 6.45) is 9.41. The van der Waals surface area contributed by atoms with E-state index in [4.69, 9.17) is 15.2 Å². The predicted molar refractivity (Wildman–Crippen MR) is 166 cm³/mol. The monoisotopic (exact) mass is 672 g/mol. The Labute approximate surface area is 272 Å². The van der Waals surface area contributed by atoms with Crippen LogP contribution in [0, 0.1) is 22.5 Å². The fraction of sp³-hybridized carbons (Fsp3) is 0.647. The molecule has 0 aliphatic carbocycles. The molecule has 1 aromatic carbocycles. The molecule has 0 radical (unpaired) electrons. The molecule has 0 spiro atoms. The van der Waals surface area contributed by atoms with E-state index in [0.29, 0.717) is 6.42 Å². The number of nitroso groups, excluding NO2 is 1. The van der Waals surface area contributed by atoms with Crippen LogP contribution in [0.4, 0.5) is 22.0 Å². The number of nitrogens with two attached hydrogens (primary N) is 1. The second kappa shape index (κ2) is 17.2. The van der Waals surface area contributed by atoms with Gasteiger partial charge in [-0.3, -0.25) is 9.59 Å². The molecule has 5 atom stereocenters. The normalized spacial score (nSPS) is 24.3. The van der Waals surface area contributed by atoms with E-state index in [1.807, 2.05) is 0 Å². The molecule has 13 heteroatoms. The van der Waals surface area contributed by atoms with Gasteiger partial charge in [-0.15, -0.1) is 0 Å². The molecule has 1 saturated heterocycles. The zero-order chi connectivity index (χ0) is 34.8. The maximum atomic E-state index is 15.2. The van der Waals surface area contributed by atoms with Gasteiger partial charge in [0.05, 0.1) is 12.3 Å². The number of carbonyl (C=O) groups is 2. The Morgan fingerprint density at radius 2 is 1.57 bits per heavy atom. The van der Waals surface area contributed by atoms with Crippen molar-refractivity contribution >= 4 is 11.8 Å². The second-order valence-corrected chi connectivity index (χ2v) is 12.6. The van der Waals surface area contributed by atoms with Crippen LogP contribution in [0.1, 0.15) is 109 Å². The predicted octanol–water partition coefficient (Wildman–Crippen LogP) is 7.64. The third-order valence-corrected chi connectivity index (χ3v) is 9.18. The number of halogens is 5. The number of nitrogens with one attached hydrogen (secondary N) is 1. The number of unbranched alkanes of at least 4 members (excludes halogenated alkanes) is 11. The number of ether oxygens (including phenoxy) is 2. The highest BCUT2D eigenvalue weighted by Gasteiger charge is 2.66. The summed E-state index contributed by atoms with van der Waals surface area (Å²) in [5.41, 5.74) is 2.17. The summed E-state index contributed by atoms with van der Waals surface area (Å²) < 4.78 is 84.0. The first kappa shape index (κ1) is 38.1. The first-order chi connectivity index (χ1) is 22.2. The summed E-state index contributed by atoms with van der Waals surface area (Å²) in [7, 11) is 0. The van der Waals surface area contributed by atoms with Crippen molar-refractivity contribution < 1.29 is 45.8 Å². The van der Waals surface area contributed by atoms with Gasteiger partial charge in [0, 0.05) is 39.2 Å². The van der Waals surface area contributed by atoms with Crippen LogP contribution in [0.25, 0.3) is 0 Å². The molecule has 0 saturated carbocycles. The molecule has 262 valence electrons. The minimum Gasteiger partial charge on any atom is -0.490 e. The molecule has 2 heterocycles. The third kappa shape index (κ3) is 9.61. The Morgan fingerprint density at radius 1 is 1.00 bits per heavy atom. The highest BCUT2D eigenvalue weighted by molar-refractivity contribution is 5.86. The molecule has 3 N–H and O–H groups in total. The molecular formula is C34H47F5N3O5+. The van der Waals surface area contributed by atoms with Crippen molar-refractivity contribution in [2.24, 2.45) is 11.7 Å². The van der Waals surface area contributed by atoms with Crippen molar-refractivity contribution in [3.63, 3.8) is 0 Å². The minimum absolute atomic E-state index is 0.00194. The van der Waals surface area contributed by atoms with Gasteiger partial charge in [0.25, 0.3) is 11.8 Å². The van der Waals surface area contributed by atoms with E-state index in [0.717, 1.165) is 63.1 Å². The first-order valence-electron chi connectivity index (χ1n) is 16.5. The van der Waals surface area contributed by atoms with Crippen molar-refractivity contribution in [1.82, 2.24) is 5.32 Å². The van der Waals surface area contributed by atoms with Gasteiger partial charge in [0.2, 0.25) is 12.0 Å². The number of nitrogens with zero attached hydrogens (tertiary/aromatic N) is 1. The Bertz CT molecular complexity index is 1320. The van der Waals surface area contributed by atoms with Crippen LogP contribution < -0.4 is 15.8 Å². The van der Waals surface area contributed by atoms with E-state index in [1.54, 1.807) is 0 Å². The molecule has 1 aromatic rings. The summed E-state index contributed by atoms with van der Waals surface area (Å²) in [5.74, 6) is -8.10. The number of amides is 2. The smallest absolute Gasteiger partial charge is 0.417 e. The fourth-order valence-corrected chi connectivity index (χ4v) is 6.15. The Balaban J connectivity index is 1.72. The molecule has 1 unspecified atom stereocenters. The number of carbonyl (C=O) groups excluding carboxylic acids is 2. The highest BCUT2D eigenvalue weighted by Crippen LogP contribution is 2.55. The lowest BCUT2D eigenvalue weighted by Crippen LogP contribution is -2.47. The average molecular weight is 673 g/mol. The van der Waals surface area contributed by atoms with E-state index in [2.05, 4.69) is 12.2 Å². The molecule has 2 aliphatic rings. The van der Waals surface area contributed by atoms with Gasteiger partial charge < -0.3 is 20.5 Å². The van der Waals surface area contributed by atoms with E-state index in [9.17, 15) is 32.1 Å². The maximum absolute atomic E-state index is 15.2. The largest absolute Gasteiger partial charge is 0.490 e. The third-order valence-electron chi connectivity index (χ3n) is 9.18. The molecule has 47 heavy (non-hydrogen) atoms. The van der Waals surface area contributed by atoms with Crippen molar-refractivity contribution in [2.75, 3.05) is 6.61 Å².